The van der Waals surface area contributed by atoms with Gasteiger partial charge in [-0.05, 0) is 52.2 Å². The summed E-state index contributed by atoms with van der Waals surface area (Å²) in [7, 11) is 0. The topological polar surface area (TPSA) is 50.8 Å². The maximum atomic E-state index is 12.9. The average Bonchev–Trinajstić information content (AvgIpc) is 3.06. The van der Waals surface area contributed by atoms with E-state index in [1.807, 2.05) is 41.3 Å². The Kier molecular flexibility index (Phi) is 3.84. The second kappa shape index (κ2) is 6.02. The highest BCUT2D eigenvalue weighted by Crippen LogP contribution is 2.43. The van der Waals surface area contributed by atoms with Crippen molar-refractivity contribution in [3.63, 3.8) is 0 Å². The van der Waals surface area contributed by atoms with Gasteiger partial charge in [0.1, 0.15) is 6.17 Å². The Morgan fingerprint density at radius 2 is 2.12 bits per heavy atom. The fraction of sp³-hybridized carbons (Fsp3) is 0.278. The highest BCUT2D eigenvalue weighted by Gasteiger charge is 2.33. The number of carbonyl (C=O) groups excluding carboxylic acids is 1. The number of amides is 1. The maximum absolute atomic E-state index is 12.9. The van der Waals surface area contributed by atoms with Gasteiger partial charge in [0.05, 0.1) is 10.0 Å². The largest absolute Gasteiger partial charge is 0.454 e. The summed E-state index contributed by atoms with van der Waals surface area (Å²) in [6.45, 7) is 2.97. The number of benzene rings is 2. The standard InChI is InChI=1S/C18H17BrN2O3/c1-2-7-21-17(20-14-6-4-3-5-12(14)18(21)22)11-8-13(19)16-15(9-11)23-10-24-16/h3-6,8-9,17,20H,2,7,10H2,1H3/t17-/m1/s1. The lowest BCUT2D eigenvalue weighted by molar-refractivity contribution is 0.0683. The van der Waals surface area contributed by atoms with E-state index in [4.69, 9.17) is 9.47 Å². The molecule has 4 rings (SSSR count). The molecular formula is C18H17BrN2O3. The third-order valence-corrected chi connectivity index (χ3v) is 4.84. The molecule has 2 aromatic carbocycles. The molecule has 0 aliphatic carbocycles. The Balaban J connectivity index is 1.79. The lowest BCUT2D eigenvalue weighted by Gasteiger charge is -2.38. The van der Waals surface area contributed by atoms with Crippen molar-refractivity contribution < 1.29 is 14.3 Å². The van der Waals surface area contributed by atoms with E-state index < -0.39 is 0 Å². The molecule has 0 aromatic heterocycles. The van der Waals surface area contributed by atoms with Crippen LogP contribution >= 0.6 is 15.9 Å². The minimum absolute atomic E-state index is 0.0463. The minimum atomic E-state index is -0.238. The summed E-state index contributed by atoms with van der Waals surface area (Å²) >= 11 is 3.53. The number of rotatable bonds is 3. The Morgan fingerprint density at radius 1 is 1.29 bits per heavy atom. The molecule has 2 aliphatic heterocycles. The van der Waals surface area contributed by atoms with Gasteiger partial charge < -0.3 is 19.7 Å². The summed E-state index contributed by atoms with van der Waals surface area (Å²) in [5.74, 6) is 1.46. The first-order valence-corrected chi connectivity index (χ1v) is 8.74. The van der Waals surface area contributed by atoms with Crippen molar-refractivity contribution in [2.45, 2.75) is 19.5 Å². The summed E-state index contributed by atoms with van der Waals surface area (Å²) in [4.78, 5) is 14.8. The molecule has 0 saturated heterocycles. The van der Waals surface area contributed by atoms with Crippen LogP contribution in [0.3, 0.4) is 0 Å². The predicted molar refractivity (Wildman–Crippen MR) is 94.4 cm³/mol. The van der Waals surface area contributed by atoms with Crippen molar-refractivity contribution in [3.8, 4) is 11.5 Å². The number of ether oxygens (including phenoxy) is 2. The number of para-hydroxylation sites is 1. The molecule has 6 heteroatoms. The zero-order valence-corrected chi connectivity index (χ0v) is 14.8. The van der Waals surface area contributed by atoms with Crippen LogP contribution in [0.1, 0.15) is 35.4 Å². The summed E-state index contributed by atoms with van der Waals surface area (Å²) in [6.07, 6.45) is 0.649. The van der Waals surface area contributed by atoms with E-state index in [-0.39, 0.29) is 18.9 Å². The van der Waals surface area contributed by atoms with Crippen LogP contribution in [0, 0.1) is 0 Å². The molecule has 1 amide bonds. The van der Waals surface area contributed by atoms with Crippen LogP contribution in [-0.4, -0.2) is 24.1 Å². The zero-order chi connectivity index (χ0) is 16.7. The number of hydrogen-bond donors (Lipinski definition) is 1. The third kappa shape index (κ3) is 2.41. The highest BCUT2D eigenvalue weighted by atomic mass is 79.9. The molecular weight excluding hydrogens is 372 g/mol. The highest BCUT2D eigenvalue weighted by molar-refractivity contribution is 9.10. The van der Waals surface area contributed by atoms with E-state index in [1.165, 1.54) is 0 Å². The first-order valence-electron chi connectivity index (χ1n) is 7.94. The van der Waals surface area contributed by atoms with E-state index in [2.05, 4.69) is 28.2 Å². The van der Waals surface area contributed by atoms with Gasteiger partial charge in [-0.15, -0.1) is 0 Å². The van der Waals surface area contributed by atoms with Crippen LogP contribution < -0.4 is 14.8 Å². The Bertz CT molecular complexity index is 809. The molecule has 0 bridgehead atoms. The maximum Gasteiger partial charge on any atom is 0.257 e. The number of hydrogen-bond acceptors (Lipinski definition) is 4. The first kappa shape index (κ1) is 15.3. The Labute approximate surface area is 148 Å². The number of nitrogens with zero attached hydrogens (tertiary/aromatic N) is 1. The van der Waals surface area contributed by atoms with E-state index >= 15 is 0 Å². The Hall–Kier alpha value is -2.21. The lowest BCUT2D eigenvalue weighted by atomic mass is 10.0. The fourth-order valence-corrected chi connectivity index (χ4v) is 3.75. The van der Waals surface area contributed by atoms with Gasteiger partial charge in [-0.3, -0.25) is 4.79 Å². The van der Waals surface area contributed by atoms with Crippen LogP contribution in [0.2, 0.25) is 0 Å². The second-order valence-electron chi connectivity index (χ2n) is 5.83. The SMILES string of the molecule is CCCN1C(=O)c2ccccc2N[C@H]1c1cc(Br)c2c(c1)OCO2. The Morgan fingerprint density at radius 3 is 2.96 bits per heavy atom. The zero-order valence-electron chi connectivity index (χ0n) is 13.2. The van der Waals surface area contributed by atoms with Gasteiger partial charge in [-0.1, -0.05) is 19.1 Å². The lowest BCUT2D eigenvalue weighted by Crippen LogP contribution is -2.43. The molecule has 0 saturated carbocycles. The molecule has 2 heterocycles. The molecule has 124 valence electrons. The van der Waals surface area contributed by atoms with Crippen molar-refractivity contribution in [2.75, 3.05) is 18.7 Å². The minimum Gasteiger partial charge on any atom is -0.454 e. The van der Waals surface area contributed by atoms with Crippen molar-refractivity contribution in [3.05, 3.63) is 52.0 Å². The van der Waals surface area contributed by atoms with Gasteiger partial charge in [0.2, 0.25) is 6.79 Å². The van der Waals surface area contributed by atoms with Gasteiger partial charge in [-0.25, -0.2) is 0 Å². The van der Waals surface area contributed by atoms with Crippen molar-refractivity contribution in [2.24, 2.45) is 0 Å². The summed E-state index contributed by atoms with van der Waals surface area (Å²) in [6, 6.07) is 11.5. The normalized spacial score (nSPS) is 18.3. The number of anilines is 1. The van der Waals surface area contributed by atoms with Crippen LogP contribution in [0.5, 0.6) is 11.5 Å². The fourth-order valence-electron chi connectivity index (χ4n) is 3.17. The first-order chi connectivity index (χ1) is 11.7. The number of nitrogens with one attached hydrogen (secondary N) is 1. The van der Waals surface area contributed by atoms with Gasteiger partial charge in [0.25, 0.3) is 5.91 Å². The smallest absolute Gasteiger partial charge is 0.257 e. The summed E-state index contributed by atoms with van der Waals surface area (Å²) < 4.78 is 11.8. The van der Waals surface area contributed by atoms with Gasteiger partial charge in [0.15, 0.2) is 11.5 Å². The van der Waals surface area contributed by atoms with Crippen molar-refractivity contribution in [1.29, 1.82) is 0 Å². The van der Waals surface area contributed by atoms with Gasteiger partial charge in [0, 0.05) is 12.2 Å². The second-order valence-corrected chi connectivity index (χ2v) is 6.68. The molecule has 0 unspecified atom stereocenters. The quantitative estimate of drug-likeness (QED) is 0.857. The van der Waals surface area contributed by atoms with E-state index in [0.29, 0.717) is 23.6 Å². The molecule has 24 heavy (non-hydrogen) atoms. The van der Waals surface area contributed by atoms with E-state index in [1.54, 1.807) is 0 Å². The summed E-state index contributed by atoms with van der Waals surface area (Å²) in [5.41, 5.74) is 2.53. The number of carbonyl (C=O) groups is 1. The molecule has 0 radical (unpaired) electrons. The van der Waals surface area contributed by atoms with Crippen LogP contribution in [0.15, 0.2) is 40.9 Å². The number of halogens is 1. The number of fused-ring (bicyclic) bond motifs is 2. The molecule has 0 spiro atoms. The summed E-state index contributed by atoms with van der Waals surface area (Å²) in [5, 5.41) is 3.48. The molecule has 2 aromatic rings. The predicted octanol–water partition coefficient (Wildman–Crippen LogP) is 4.15. The monoisotopic (exact) mass is 388 g/mol. The molecule has 0 fully saturated rings. The molecule has 1 atom stereocenters. The van der Waals surface area contributed by atoms with Gasteiger partial charge in [-0.2, -0.15) is 0 Å². The average molecular weight is 389 g/mol. The third-order valence-electron chi connectivity index (χ3n) is 4.25. The van der Waals surface area contributed by atoms with Gasteiger partial charge >= 0.3 is 0 Å². The van der Waals surface area contributed by atoms with Crippen LogP contribution in [0.25, 0.3) is 0 Å². The molecule has 1 N–H and O–H groups in total. The van der Waals surface area contributed by atoms with Crippen LogP contribution in [-0.2, 0) is 0 Å². The van der Waals surface area contributed by atoms with E-state index in [9.17, 15) is 4.79 Å². The van der Waals surface area contributed by atoms with E-state index in [0.717, 1.165) is 22.1 Å². The van der Waals surface area contributed by atoms with Crippen LogP contribution in [0.4, 0.5) is 5.69 Å². The molecule has 2 aliphatic rings. The van der Waals surface area contributed by atoms with Crippen molar-refractivity contribution >= 4 is 27.5 Å². The molecule has 5 nitrogen and oxygen atoms in total. The van der Waals surface area contributed by atoms with Crippen molar-refractivity contribution in [1.82, 2.24) is 4.90 Å².